The van der Waals surface area contributed by atoms with E-state index in [0.29, 0.717) is 6.61 Å². The predicted octanol–water partition coefficient (Wildman–Crippen LogP) is 0.306. The van der Waals surface area contributed by atoms with Gasteiger partial charge in [0.2, 0.25) is 5.91 Å². The number of rotatable bonds is 6. The van der Waals surface area contributed by atoms with Crippen LogP contribution in [0.3, 0.4) is 0 Å². The Morgan fingerprint density at radius 2 is 2.16 bits per heavy atom. The lowest BCUT2D eigenvalue weighted by Gasteiger charge is -2.18. The van der Waals surface area contributed by atoms with Crippen molar-refractivity contribution in [2.75, 3.05) is 26.8 Å². The van der Waals surface area contributed by atoms with Crippen molar-refractivity contribution in [2.45, 2.75) is 18.8 Å². The number of benzene rings is 1. The van der Waals surface area contributed by atoms with E-state index in [4.69, 9.17) is 9.47 Å². The number of carbonyl (C=O) groups excluding carboxylic acids is 1. The first-order chi connectivity index (χ1) is 9.29. The van der Waals surface area contributed by atoms with Crippen molar-refractivity contribution in [2.24, 2.45) is 0 Å². The molecule has 0 spiro atoms. The molecule has 1 aromatic rings. The highest BCUT2D eigenvalue weighted by Gasteiger charge is 2.27. The molecule has 1 saturated heterocycles. The molecular formula is C14H20N2O3. The highest BCUT2D eigenvalue weighted by atomic mass is 16.5. The van der Waals surface area contributed by atoms with E-state index < -0.39 is 0 Å². The van der Waals surface area contributed by atoms with Gasteiger partial charge in [0.15, 0.2) is 0 Å². The first-order valence-electron chi connectivity index (χ1n) is 6.44. The lowest BCUT2D eigenvalue weighted by Crippen LogP contribution is -2.44. The van der Waals surface area contributed by atoms with Crippen LogP contribution in [-0.4, -0.2) is 44.9 Å². The lowest BCUT2D eigenvalue weighted by atomic mass is 10.2. The summed E-state index contributed by atoms with van der Waals surface area (Å²) in [7, 11) is 1.66. The van der Waals surface area contributed by atoms with E-state index in [-0.39, 0.29) is 24.7 Å². The Morgan fingerprint density at radius 1 is 1.37 bits per heavy atom. The minimum Gasteiger partial charge on any atom is -0.378 e. The van der Waals surface area contributed by atoms with Gasteiger partial charge in [-0.25, -0.2) is 0 Å². The molecule has 5 nitrogen and oxygen atoms in total. The van der Waals surface area contributed by atoms with E-state index >= 15 is 0 Å². The molecule has 2 N–H and O–H groups in total. The summed E-state index contributed by atoms with van der Waals surface area (Å²) in [6, 6.07) is 9.82. The van der Waals surface area contributed by atoms with Crippen LogP contribution in [0.15, 0.2) is 30.3 Å². The molecule has 2 rings (SSSR count). The third kappa shape index (κ3) is 4.31. The largest absolute Gasteiger partial charge is 0.378 e. The average Bonchev–Trinajstić information content (AvgIpc) is 2.87. The summed E-state index contributed by atoms with van der Waals surface area (Å²) >= 11 is 0. The summed E-state index contributed by atoms with van der Waals surface area (Å²) in [6.07, 6.45) is 0.0399. The van der Waals surface area contributed by atoms with Crippen molar-refractivity contribution in [1.29, 1.82) is 0 Å². The molecule has 1 amide bonds. The van der Waals surface area contributed by atoms with Crippen LogP contribution in [0.4, 0.5) is 0 Å². The molecule has 1 aliphatic heterocycles. The van der Waals surface area contributed by atoms with E-state index in [0.717, 1.165) is 18.7 Å². The molecule has 0 unspecified atom stereocenters. The standard InChI is InChI=1S/C14H20N2O3/c1-18-13-8-15-7-12(13)16-14(17)10-19-9-11-5-3-2-4-6-11/h2-6,12-13,15H,7-10H2,1H3,(H,16,17)/t12-,13-/m0/s1. The molecule has 5 heteroatoms. The fourth-order valence-electron chi connectivity index (χ4n) is 2.13. The van der Waals surface area contributed by atoms with Crippen molar-refractivity contribution in [3.05, 3.63) is 35.9 Å². The van der Waals surface area contributed by atoms with E-state index in [1.807, 2.05) is 30.3 Å². The van der Waals surface area contributed by atoms with E-state index in [9.17, 15) is 4.79 Å². The van der Waals surface area contributed by atoms with Crippen molar-refractivity contribution >= 4 is 5.91 Å². The minimum atomic E-state index is -0.105. The molecule has 19 heavy (non-hydrogen) atoms. The van der Waals surface area contributed by atoms with Gasteiger partial charge in [-0.05, 0) is 5.56 Å². The van der Waals surface area contributed by atoms with Crippen molar-refractivity contribution in [3.63, 3.8) is 0 Å². The van der Waals surface area contributed by atoms with Gasteiger partial charge in [0.25, 0.3) is 0 Å². The van der Waals surface area contributed by atoms with Crippen LogP contribution in [0.25, 0.3) is 0 Å². The van der Waals surface area contributed by atoms with Crippen molar-refractivity contribution < 1.29 is 14.3 Å². The average molecular weight is 264 g/mol. The van der Waals surface area contributed by atoms with Gasteiger partial charge in [0.05, 0.1) is 18.8 Å². The fraction of sp³-hybridized carbons (Fsp3) is 0.500. The second-order valence-electron chi connectivity index (χ2n) is 4.58. The third-order valence-corrected chi connectivity index (χ3v) is 3.15. The van der Waals surface area contributed by atoms with Gasteiger partial charge >= 0.3 is 0 Å². The quantitative estimate of drug-likeness (QED) is 0.776. The molecule has 104 valence electrons. The molecule has 0 radical (unpaired) electrons. The maximum Gasteiger partial charge on any atom is 0.246 e. The van der Waals surface area contributed by atoms with Crippen LogP contribution in [-0.2, 0) is 20.9 Å². The normalized spacial score (nSPS) is 22.4. The van der Waals surface area contributed by atoms with Crippen LogP contribution >= 0.6 is 0 Å². The summed E-state index contributed by atoms with van der Waals surface area (Å²) in [6.45, 7) is 2.03. The minimum absolute atomic E-state index is 0.0258. The molecule has 1 fully saturated rings. The summed E-state index contributed by atoms with van der Waals surface area (Å²) < 4.78 is 10.7. The van der Waals surface area contributed by atoms with Gasteiger partial charge < -0.3 is 20.1 Å². The Morgan fingerprint density at radius 3 is 2.89 bits per heavy atom. The number of hydrogen-bond acceptors (Lipinski definition) is 4. The second-order valence-corrected chi connectivity index (χ2v) is 4.58. The second kappa shape index (κ2) is 7.23. The first-order valence-corrected chi connectivity index (χ1v) is 6.44. The highest BCUT2D eigenvalue weighted by Crippen LogP contribution is 2.04. The predicted molar refractivity (Wildman–Crippen MR) is 71.7 cm³/mol. The molecule has 1 aliphatic rings. The zero-order valence-electron chi connectivity index (χ0n) is 11.1. The van der Waals surface area contributed by atoms with Crippen molar-refractivity contribution in [1.82, 2.24) is 10.6 Å². The number of amides is 1. The molecule has 1 heterocycles. The Hall–Kier alpha value is -1.43. The van der Waals surface area contributed by atoms with Crippen LogP contribution in [0, 0.1) is 0 Å². The van der Waals surface area contributed by atoms with E-state index in [1.165, 1.54) is 0 Å². The Kier molecular flexibility index (Phi) is 5.32. The number of nitrogens with one attached hydrogen (secondary N) is 2. The zero-order chi connectivity index (χ0) is 13.5. The summed E-state index contributed by atoms with van der Waals surface area (Å²) in [5.74, 6) is -0.105. The topological polar surface area (TPSA) is 59.6 Å². The highest BCUT2D eigenvalue weighted by molar-refractivity contribution is 5.77. The number of carbonyl (C=O) groups is 1. The summed E-state index contributed by atoms with van der Waals surface area (Å²) in [5, 5.41) is 6.09. The number of ether oxygens (including phenoxy) is 2. The number of hydrogen-bond donors (Lipinski definition) is 2. The molecule has 0 aliphatic carbocycles. The zero-order valence-corrected chi connectivity index (χ0v) is 11.1. The van der Waals surface area contributed by atoms with Gasteiger partial charge in [-0.15, -0.1) is 0 Å². The molecular weight excluding hydrogens is 244 g/mol. The van der Waals surface area contributed by atoms with E-state index in [2.05, 4.69) is 10.6 Å². The van der Waals surface area contributed by atoms with Crippen molar-refractivity contribution in [3.8, 4) is 0 Å². The maximum absolute atomic E-state index is 11.7. The fourth-order valence-corrected chi connectivity index (χ4v) is 2.13. The van der Waals surface area contributed by atoms with Crippen LogP contribution in [0.5, 0.6) is 0 Å². The summed E-state index contributed by atoms with van der Waals surface area (Å²) in [5.41, 5.74) is 1.06. The molecule has 1 aromatic carbocycles. The van der Waals surface area contributed by atoms with Gasteiger partial charge in [-0.1, -0.05) is 30.3 Å². The van der Waals surface area contributed by atoms with Gasteiger partial charge in [-0.2, -0.15) is 0 Å². The molecule has 0 saturated carbocycles. The first kappa shape index (κ1) is 14.0. The smallest absolute Gasteiger partial charge is 0.246 e. The van der Waals surface area contributed by atoms with Crippen LogP contribution < -0.4 is 10.6 Å². The van der Waals surface area contributed by atoms with Gasteiger partial charge in [0, 0.05) is 20.2 Å². The van der Waals surface area contributed by atoms with Crippen LogP contribution in [0.2, 0.25) is 0 Å². The van der Waals surface area contributed by atoms with Gasteiger partial charge in [0.1, 0.15) is 6.61 Å². The molecule has 0 aromatic heterocycles. The maximum atomic E-state index is 11.7. The molecule has 0 bridgehead atoms. The van der Waals surface area contributed by atoms with Gasteiger partial charge in [-0.3, -0.25) is 4.79 Å². The number of methoxy groups -OCH3 is 1. The van der Waals surface area contributed by atoms with Crippen LogP contribution in [0.1, 0.15) is 5.56 Å². The lowest BCUT2D eigenvalue weighted by molar-refractivity contribution is -0.127. The summed E-state index contributed by atoms with van der Waals surface area (Å²) in [4.78, 5) is 11.7. The molecule has 2 atom stereocenters. The van der Waals surface area contributed by atoms with E-state index in [1.54, 1.807) is 7.11 Å². The third-order valence-electron chi connectivity index (χ3n) is 3.15. The Balaban J connectivity index is 1.67. The SMILES string of the molecule is CO[C@H]1CNC[C@@H]1NC(=O)COCc1ccccc1. The monoisotopic (exact) mass is 264 g/mol. The Labute approximate surface area is 113 Å². The Bertz CT molecular complexity index is 397.